The number of amides is 2. The van der Waals surface area contributed by atoms with Gasteiger partial charge in [-0.15, -0.1) is 0 Å². The van der Waals surface area contributed by atoms with E-state index in [2.05, 4.69) is 27.4 Å². The standard InChI is InChI=1S/C26H24N4O3/c31-24-16-18(8-12-28-24)25(32)29-14-10-23-19-5-2-1-4-17(19)11-15-30(23)26(33)21-6-3-7-22-20(21)9-13-27-22/h1-9,12-13,16,23,27H,10-11,14-15H2,(H,28,31)(H,29,32). The maximum Gasteiger partial charge on any atom is 0.255 e. The Hall–Kier alpha value is -4.13. The molecule has 2 amide bonds. The molecule has 1 aliphatic rings. The van der Waals surface area contributed by atoms with Crippen molar-refractivity contribution in [2.24, 2.45) is 0 Å². The minimum Gasteiger partial charge on any atom is -0.361 e. The molecular weight excluding hydrogens is 416 g/mol. The van der Waals surface area contributed by atoms with Gasteiger partial charge in [0.2, 0.25) is 5.56 Å². The number of rotatable bonds is 5. The average molecular weight is 441 g/mol. The first-order chi connectivity index (χ1) is 16.1. The van der Waals surface area contributed by atoms with Gasteiger partial charge in [0, 0.05) is 53.6 Å². The van der Waals surface area contributed by atoms with Crippen molar-refractivity contribution in [1.29, 1.82) is 0 Å². The number of pyridine rings is 1. The number of aromatic amines is 2. The van der Waals surface area contributed by atoms with E-state index >= 15 is 0 Å². The maximum atomic E-state index is 13.7. The number of aromatic nitrogens is 2. The fraction of sp³-hybridized carbons (Fsp3) is 0.192. The number of carbonyl (C=O) groups is 2. The molecule has 5 rings (SSSR count). The van der Waals surface area contributed by atoms with Gasteiger partial charge in [-0.1, -0.05) is 30.3 Å². The Morgan fingerprint density at radius 2 is 1.85 bits per heavy atom. The molecule has 0 bridgehead atoms. The average Bonchev–Trinajstić information content (AvgIpc) is 3.33. The number of nitrogens with one attached hydrogen (secondary N) is 3. The summed E-state index contributed by atoms with van der Waals surface area (Å²) in [5.41, 5.74) is 3.94. The van der Waals surface area contributed by atoms with E-state index in [4.69, 9.17) is 0 Å². The number of carbonyl (C=O) groups excluding carboxylic acids is 2. The van der Waals surface area contributed by atoms with Gasteiger partial charge in [-0.25, -0.2) is 0 Å². The molecule has 1 aliphatic heterocycles. The fourth-order valence-electron chi connectivity index (χ4n) is 4.64. The number of benzene rings is 2. The van der Waals surface area contributed by atoms with Gasteiger partial charge in [-0.2, -0.15) is 0 Å². The van der Waals surface area contributed by atoms with Crippen molar-refractivity contribution in [2.75, 3.05) is 13.1 Å². The van der Waals surface area contributed by atoms with Crippen molar-refractivity contribution in [1.82, 2.24) is 20.2 Å². The summed E-state index contributed by atoms with van der Waals surface area (Å²) in [6.07, 6.45) is 4.66. The molecule has 4 aromatic rings. The molecule has 1 unspecified atom stereocenters. The Kier molecular flexibility index (Phi) is 5.52. The van der Waals surface area contributed by atoms with Crippen LogP contribution in [0.25, 0.3) is 10.9 Å². The van der Waals surface area contributed by atoms with E-state index in [1.54, 1.807) is 6.07 Å². The maximum absolute atomic E-state index is 13.7. The van der Waals surface area contributed by atoms with Crippen LogP contribution in [0, 0.1) is 0 Å². The molecule has 3 N–H and O–H groups in total. The van der Waals surface area contributed by atoms with E-state index in [0.29, 0.717) is 30.6 Å². The lowest BCUT2D eigenvalue weighted by molar-refractivity contribution is 0.0652. The highest BCUT2D eigenvalue weighted by Gasteiger charge is 2.31. The van der Waals surface area contributed by atoms with Crippen LogP contribution >= 0.6 is 0 Å². The highest BCUT2D eigenvalue weighted by Crippen LogP contribution is 2.34. The van der Waals surface area contributed by atoms with Crippen molar-refractivity contribution in [2.45, 2.75) is 18.9 Å². The topological polar surface area (TPSA) is 98.1 Å². The lowest BCUT2D eigenvalue weighted by Crippen LogP contribution is -2.41. The zero-order valence-electron chi connectivity index (χ0n) is 18.0. The molecule has 0 fully saturated rings. The van der Waals surface area contributed by atoms with Crippen LogP contribution in [0.3, 0.4) is 0 Å². The van der Waals surface area contributed by atoms with Gasteiger partial charge < -0.3 is 20.2 Å². The number of hydrogen-bond acceptors (Lipinski definition) is 3. The minimum atomic E-state index is -0.320. The number of nitrogens with zero attached hydrogens (tertiary/aromatic N) is 1. The summed E-state index contributed by atoms with van der Waals surface area (Å²) in [4.78, 5) is 45.3. The van der Waals surface area contributed by atoms with Gasteiger partial charge in [0.1, 0.15) is 0 Å². The molecule has 0 aliphatic carbocycles. The van der Waals surface area contributed by atoms with E-state index in [1.165, 1.54) is 17.8 Å². The molecule has 7 nitrogen and oxygen atoms in total. The zero-order valence-corrected chi connectivity index (χ0v) is 18.0. The van der Waals surface area contributed by atoms with Crippen LogP contribution in [0.5, 0.6) is 0 Å². The molecule has 33 heavy (non-hydrogen) atoms. The van der Waals surface area contributed by atoms with E-state index < -0.39 is 0 Å². The largest absolute Gasteiger partial charge is 0.361 e. The Bertz CT molecular complexity index is 1390. The summed E-state index contributed by atoms with van der Waals surface area (Å²) in [6, 6.07) is 18.5. The molecule has 2 aromatic heterocycles. The van der Waals surface area contributed by atoms with Crippen LogP contribution in [0.4, 0.5) is 0 Å². The first-order valence-corrected chi connectivity index (χ1v) is 11.0. The van der Waals surface area contributed by atoms with Crippen LogP contribution < -0.4 is 10.9 Å². The Morgan fingerprint density at radius 1 is 1.00 bits per heavy atom. The SMILES string of the molecule is O=C(NCCC1c2ccccc2CCN1C(=O)c1cccc2[nH]ccc12)c1cc[nH]c(=O)c1. The molecule has 0 saturated carbocycles. The lowest BCUT2D eigenvalue weighted by Gasteiger charge is -2.38. The molecule has 7 heteroatoms. The second-order valence-electron chi connectivity index (χ2n) is 8.19. The second kappa shape index (κ2) is 8.78. The minimum absolute atomic E-state index is 0.0133. The third-order valence-corrected chi connectivity index (χ3v) is 6.24. The molecule has 0 radical (unpaired) electrons. The van der Waals surface area contributed by atoms with Gasteiger partial charge >= 0.3 is 0 Å². The van der Waals surface area contributed by atoms with Crippen molar-refractivity contribution < 1.29 is 9.59 Å². The number of fused-ring (bicyclic) bond motifs is 2. The Balaban J connectivity index is 1.39. The Morgan fingerprint density at radius 3 is 2.73 bits per heavy atom. The summed E-state index contributed by atoms with van der Waals surface area (Å²) in [5, 5.41) is 3.80. The quantitative estimate of drug-likeness (QED) is 0.444. The highest BCUT2D eigenvalue weighted by atomic mass is 16.2. The monoisotopic (exact) mass is 440 g/mol. The van der Waals surface area contributed by atoms with Gasteiger partial charge in [0.25, 0.3) is 11.8 Å². The van der Waals surface area contributed by atoms with Gasteiger partial charge in [0.05, 0.1) is 6.04 Å². The smallest absolute Gasteiger partial charge is 0.255 e. The normalized spacial score (nSPS) is 15.3. The fourth-order valence-corrected chi connectivity index (χ4v) is 4.64. The summed E-state index contributed by atoms with van der Waals surface area (Å²) >= 11 is 0. The molecule has 2 aromatic carbocycles. The van der Waals surface area contributed by atoms with Crippen LogP contribution in [-0.2, 0) is 6.42 Å². The molecule has 0 saturated heterocycles. The Labute approximate surface area is 190 Å². The number of hydrogen-bond donors (Lipinski definition) is 3. The van der Waals surface area contributed by atoms with Gasteiger partial charge in [-0.3, -0.25) is 14.4 Å². The molecular formula is C26H24N4O3. The van der Waals surface area contributed by atoms with Crippen LogP contribution in [-0.4, -0.2) is 39.8 Å². The molecule has 1 atom stereocenters. The van der Waals surface area contributed by atoms with Gasteiger partial charge in [0.15, 0.2) is 0 Å². The first-order valence-electron chi connectivity index (χ1n) is 11.0. The summed E-state index contributed by atoms with van der Waals surface area (Å²) < 4.78 is 0. The van der Waals surface area contributed by atoms with E-state index in [0.717, 1.165) is 22.9 Å². The van der Waals surface area contributed by atoms with Crippen LogP contribution in [0.2, 0.25) is 0 Å². The van der Waals surface area contributed by atoms with Crippen molar-refractivity contribution in [3.8, 4) is 0 Å². The first kappa shape index (κ1) is 20.8. The molecule has 0 spiro atoms. The van der Waals surface area contributed by atoms with Crippen LogP contribution in [0.1, 0.15) is 44.3 Å². The highest BCUT2D eigenvalue weighted by molar-refractivity contribution is 6.06. The zero-order chi connectivity index (χ0) is 22.8. The molecule has 166 valence electrons. The summed E-state index contributed by atoms with van der Waals surface area (Å²) in [6.45, 7) is 0.992. The van der Waals surface area contributed by atoms with Gasteiger partial charge in [-0.05, 0) is 48.2 Å². The van der Waals surface area contributed by atoms with Crippen molar-refractivity contribution in [3.05, 3.63) is 106 Å². The van der Waals surface area contributed by atoms with E-state index in [1.807, 2.05) is 47.5 Å². The molecule has 3 heterocycles. The van der Waals surface area contributed by atoms with Crippen LogP contribution in [0.15, 0.2) is 77.9 Å². The lowest BCUT2D eigenvalue weighted by atomic mass is 9.90. The van der Waals surface area contributed by atoms with Crippen molar-refractivity contribution >= 4 is 22.7 Å². The second-order valence-corrected chi connectivity index (χ2v) is 8.19. The van der Waals surface area contributed by atoms with Crippen molar-refractivity contribution in [3.63, 3.8) is 0 Å². The summed E-state index contributed by atoms with van der Waals surface area (Å²) in [5.74, 6) is -0.319. The van der Waals surface area contributed by atoms with E-state index in [9.17, 15) is 14.4 Å². The third-order valence-electron chi connectivity index (χ3n) is 6.24. The third kappa shape index (κ3) is 4.05. The number of H-pyrrole nitrogens is 2. The van der Waals surface area contributed by atoms with E-state index in [-0.39, 0.29) is 23.4 Å². The summed E-state index contributed by atoms with van der Waals surface area (Å²) in [7, 11) is 0. The predicted molar refractivity (Wildman–Crippen MR) is 126 cm³/mol. The predicted octanol–water partition coefficient (Wildman–Crippen LogP) is 3.42.